The number of benzene rings is 1. The van der Waals surface area contributed by atoms with Gasteiger partial charge in [0.1, 0.15) is 11.6 Å². The monoisotopic (exact) mass is 276 g/mol. The van der Waals surface area contributed by atoms with Crippen LogP contribution in [0.2, 0.25) is 0 Å². The molecule has 0 saturated carbocycles. The molecule has 1 atom stereocenters. The van der Waals surface area contributed by atoms with E-state index < -0.39 is 17.9 Å². The molecule has 1 aromatic heterocycles. The van der Waals surface area contributed by atoms with E-state index in [1.807, 2.05) is 0 Å². The van der Waals surface area contributed by atoms with Crippen molar-refractivity contribution >= 4 is 5.97 Å². The number of nitrogens with zero attached hydrogens (tertiary/aromatic N) is 2. The zero-order chi connectivity index (χ0) is 14.3. The van der Waals surface area contributed by atoms with Gasteiger partial charge in [0.25, 0.3) is 0 Å². The summed E-state index contributed by atoms with van der Waals surface area (Å²) in [7, 11) is 0. The van der Waals surface area contributed by atoms with Gasteiger partial charge >= 0.3 is 5.97 Å². The molecule has 0 amide bonds. The van der Waals surface area contributed by atoms with Crippen molar-refractivity contribution in [3.05, 3.63) is 41.5 Å². The second kappa shape index (κ2) is 4.72. The number of hydrogen-bond acceptors (Lipinski definition) is 3. The SMILES string of the molecule is O=C(O)c1nc(-c2ccccc2F)n2c1CCC(O)C2. The second-order valence-electron chi connectivity index (χ2n) is 4.82. The fourth-order valence-electron chi connectivity index (χ4n) is 2.56. The third-order valence-corrected chi connectivity index (χ3v) is 3.50. The number of rotatable bonds is 2. The summed E-state index contributed by atoms with van der Waals surface area (Å²) in [6.07, 6.45) is 0.344. The Hall–Kier alpha value is -2.21. The minimum Gasteiger partial charge on any atom is -0.476 e. The Balaban J connectivity index is 2.21. The molecule has 0 radical (unpaired) electrons. The van der Waals surface area contributed by atoms with Crippen LogP contribution in [0.15, 0.2) is 24.3 Å². The molecule has 0 spiro atoms. The Morgan fingerprint density at radius 3 is 2.85 bits per heavy atom. The highest BCUT2D eigenvalue weighted by Crippen LogP contribution is 2.29. The topological polar surface area (TPSA) is 75.3 Å². The lowest BCUT2D eigenvalue weighted by Gasteiger charge is -2.21. The van der Waals surface area contributed by atoms with E-state index >= 15 is 0 Å². The van der Waals surface area contributed by atoms with Gasteiger partial charge in [-0.2, -0.15) is 0 Å². The van der Waals surface area contributed by atoms with Crippen molar-refractivity contribution in [2.24, 2.45) is 0 Å². The van der Waals surface area contributed by atoms with Gasteiger partial charge in [0.2, 0.25) is 0 Å². The van der Waals surface area contributed by atoms with Crippen LogP contribution < -0.4 is 0 Å². The summed E-state index contributed by atoms with van der Waals surface area (Å²) in [6, 6.07) is 6.08. The number of carboxylic acid groups (broad SMARTS) is 1. The van der Waals surface area contributed by atoms with Gasteiger partial charge in [0, 0.05) is 0 Å². The van der Waals surface area contributed by atoms with Crippen LogP contribution in [0.5, 0.6) is 0 Å². The molecule has 0 fully saturated rings. The molecule has 2 N–H and O–H groups in total. The summed E-state index contributed by atoms with van der Waals surface area (Å²) in [4.78, 5) is 15.3. The van der Waals surface area contributed by atoms with E-state index in [4.69, 9.17) is 0 Å². The van der Waals surface area contributed by atoms with Gasteiger partial charge in [0.05, 0.1) is 23.9 Å². The van der Waals surface area contributed by atoms with Crippen LogP contribution in [-0.4, -0.2) is 31.8 Å². The number of aliphatic hydroxyl groups is 1. The van der Waals surface area contributed by atoms with Crippen LogP contribution in [0.3, 0.4) is 0 Å². The number of aliphatic hydroxyl groups excluding tert-OH is 1. The Kier molecular flexibility index (Phi) is 3.02. The van der Waals surface area contributed by atoms with Crippen LogP contribution >= 0.6 is 0 Å². The first-order valence-electron chi connectivity index (χ1n) is 6.33. The smallest absolute Gasteiger partial charge is 0.356 e. The molecule has 1 aliphatic heterocycles. The predicted octanol–water partition coefficient (Wildman–Crippen LogP) is 1.69. The molecule has 0 saturated heterocycles. The molecule has 1 aromatic carbocycles. The number of imidazole rings is 1. The summed E-state index contributed by atoms with van der Waals surface area (Å²) in [5, 5.41) is 19.0. The van der Waals surface area contributed by atoms with Gasteiger partial charge in [0.15, 0.2) is 5.69 Å². The highest BCUT2D eigenvalue weighted by atomic mass is 19.1. The number of hydrogen-bond donors (Lipinski definition) is 2. The van der Waals surface area contributed by atoms with Gasteiger partial charge in [-0.05, 0) is 25.0 Å². The summed E-state index contributed by atoms with van der Waals surface area (Å²) >= 11 is 0. The third-order valence-electron chi connectivity index (χ3n) is 3.50. The van der Waals surface area contributed by atoms with Crippen molar-refractivity contribution in [3.63, 3.8) is 0 Å². The third kappa shape index (κ3) is 1.98. The maximum atomic E-state index is 13.9. The van der Waals surface area contributed by atoms with Crippen molar-refractivity contribution in [2.75, 3.05) is 0 Å². The van der Waals surface area contributed by atoms with E-state index in [9.17, 15) is 19.4 Å². The maximum Gasteiger partial charge on any atom is 0.356 e. The normalized spacial score (nSPS) is 17.8. The largest absolute Gasteiger partial charge is 0.476 e. The van der Waals surface area contributed by atoms with Gasteiger partial charge < -0.3 is 14.8 Å². The molecule has 2 heterocycles. The molecule has 0 bridgehead atoms. The molecule has 20 heavy (non-hydrogen) atoms. The lowest BCUT2D eigenvalue weighted by Crippen LogP contribution is -2.25. The van der Waals surface area contributed by atoms with E-state index in [1.54, 1.807) is 22.8 Å². The van der Waals surface area contributed by atoms with E-state index in [0.717, 1.165) is 0 Å². The molecule has 1 unspecified atom stereocenters. The lowest BCUT2D eigenvalue weighted by atomic mass is 10.1. The first kappa shape index (κ1) is 12.8. The number of aromatic nitrogens is 2. The number of aromatic carboxylic acids is 1. The Bertz CT molecular complexity index is 681. The van der Waals surface area contributed by atoms with E-state index in [2.05, 4.69) is 4.98 Å². The lowest BCUT2D eigenvalue weighted by molar-refractivity contribution is 0.0686. The molecule has 0 aliphatic carbocycles. The van der Waals surface area contributed by atoms with Crippen LogP contribution in [0.1, 0.15) is 22.6 Å². The Morgan fingerprint density at radius 1 is 1.40 bits per heavy atom. The van der Waals surface area contributed by atoms with Crippen LogP contribution in [-0.2, 0) is 13.0 Å². The van der Waals surface area contributed by atoms with Gasteiger partial charge in [-0.1, -0.05) is 12.1 Å². The molecule has 104 valence electrons. The van der Waals surface area contributed by atoms with Gasteiger partial charge in [-0.15, -0.1) is 0 Å². The standard InChI is InChI=1S/C14H13FN2O3/c15-10-4-2-1-3-9(10)13-16-12(14(19)20)11-6-5-8(18)7-17(11)13/h1-4,8,18H,5-7H2,(H,19,20). The molecule has 2 aromatic rings. The number of fused-ring (bicyclic) bond motifs is 1. The fourth-order valence-corrected chi connectivity index (χ4v) is 2.56. The van der Waals surface area contributed by atoms with E-state index in [0.29, 0.717) is 18.5 Å². The highest BCUT2D eigenvalue weighted by Gasteiger charge is 2.28. The minimum absolute atomic E-state index is 0.0600. The zero-order valence-corrected chi connectivity index (χ0v) is 10.6. The van der Waals surface area contributed by atoms with Crippen LogP contribution in [0.25, 0.3) is 11.4 Å². The van der Waals surface area contributed by atoms with Gasteiger partial charge in [-0.25, -0.2) is 14.2 Å². The summed E-state index contributed by atoms with van der Waals surface area (Å²) in [6.45, 7) is 0.235. The molecule has 1 aliphatic rings. The average molecular weight is 276 g/mol. The first-order chi connectivity index (χ1) is 9.58. The maximum absolute atomic E-state index is 13.9. The minimum atomic E-state index is -1.13. The number of carboxylic acids is 1. The zero-order valence-electron chi connectivity index (χ0n) is 10.6. The number of carbonyl (C=O) groups is 1. The van der Waals surface area contributed by atoms with Crippen molar-refractivity contribution in [1.82, 2.24) is 9.55 Å². The molecule has 6 heteroatoms. The quantitative estimate of drug-likeness (QED) is 0.875. The summed E-state index contributed by atoms with van der Waals surface area (Å²) in [5.74, 6) is -1.33. The number of halogens is 1. The summed E-state index contributed by atoms with van der Waals surface area (Å²) in [5.41, 5.74) is 0.728. The molecule has 3 rings (SSSR count). The molecule has 5 nitrogen and oxygen atoms in total. The Labute approximate surface area is 114 Å². The van der Waals surface area contributed by atoms with Crippen LogP contribution in [0, 0.1) is 5.82 Å². The van der Waals surface area contributed by atoms with Crippen molar-refractivity contribution < 1.29 is 19.4 Å². The van der Waals surface area contributed by atoms with E-state index in [-0.39, 0.29) is 23.6 Å². The first-order valence-corrected chi connectivity index (χ1v) is 6.33. The highest BCUT2D eigenvalue weighted by molar-refractivity contribution is 5.88. The van der Waals surface area contributed by atoms with Crippen LogP contribution in [0.4, 0.5) is 4.39 Å². The van der Waals surface area contributed by atoms with Crippen molar-refractivity contribution in [1.29, 1.82) is 0 Å². The fraction of sp³-hybridized carbons (Fsp3) is 0.286. The molecular formula is C14H13FN2O3. The van der Waals surface area contributed by atoms with Crippen molar-refractivity contribution in [2.45, 2.75) is 25.5 Å². The molecular weight excluding hydrogens is 263 g/mol. The van der Waals surface area contributed by atoms with E-state index in [1.165, 1.54) is 6.07 Å². The van der Waals surface area contributed by atoms with Gasteiger partial charge in [-0.3, -0.25) is 0 Å². The predicted molar refractivity (Wildman–Crippen MR) is 68.9 cm³/mol. The summed E-state index contributed by atoms with van der Waals surface area (Å²) < 4.78 is 15.5. The second-order valence-corrected chi connectivity index (χ2v) is 4.82. The van der Waals surface area contributed by atoms with Crippen molar-refractivity contribution in [3.8, 4) is 11.4 Å². The Morgan fingerprint density at radius 2 is 2.15 bits per heavy atom. The average Bonchev–Trinajstić information content (AvgIpc) is 2.78.